The molecular weight excluding hydrogens is 451 g/mol. The van der Waals surface area contributed by atoms with Gasteiger partial charge in [-0.25, -0.2) is 14.4 Å². The highest BCUT2D eigenvalue weighted by atomic mass is 19.1. The molecule has 1 amide bonds. The predicted molar refractivity (Wildman–Crippen MR) is 125 cm³/mol. The van der Waals surface area contributed by atoms with Gasteiger partial charge in [0.25, 0.3) is 5.91 Å². The van der Waals surface area contributed by atoms with Gasteiger partial charge in [-0.1, -0.05) is 0 Å². The SMILES string of the molecule is O=C(c1ccco1)N1CCC[C@@H](Nc2nccc(-c3c(-c4ccc(F)cc4)nc4occn34)n2)C1. The zero-order chi connectivity index (χ0) is 23.8. The Bertz CT molecular complexity index is 1470. The molecule has 0 radical (unpaired) electrons. The first kappa shape index (κ1) is 21.1. The number of hydrogen-bond acceptors (Lipinski definition) is 7. The van der Waals surface area contributed by atoms with Gasteiger partial charge in [0.05, 0.1) is 12.0 Å². The lowest BCUT2D eigenvalue weighted by Crippen LogP contribution is -2.45. The van der Waals surface area contributed by atoms with Crippen LogP contribution < -0.4 is 5.32 Å². The second-order valence-corrected chi connectivity index (χ2v) is 8.35. The van der Waals surface area contributed by atoms with Crippen molar-refractivity contribution < 1.29 is 18.0 Å². The molecule has 0 aliphatic carbocycles. The fourth-order valence-electron chi connectivity index (χ4n) is 4.42. The molecule has 176 valence electrons. The first-order valence-electron chi connectivity index (χ1n) is 11.3. The van der Waals surface area contributed by atoms with Crippen molar-refractivity contribution in [2.75, 3.05) is 18.4 Å². The van der Waals surface area contributed by atoms with Crippen LogP contribution >= 0.6 is 0 Å². The first-order valence-corrected chi connectivity index (χ1v) is 11.3. The van der Waals surface area contributed by atoms with E-state index in [4.69, 9.17) is 13.8 Å². The Labute approximate surface area is 199 Å². The number of halogens is 1. The number of oxazole rings is 1. The third-order valence-electron chi connectivity index (χ3n) is 6.05. The van der Waals surface area contributed by atoms with Crippen LogP contribution in [0.5, 0.6) is 0 Å². The number of furan rings is 1. The number of aromatic nitrogens is 4. The van der Waals surface area contributed by atoms with Crippen LogP contribution in [0.2, 0.25) is 0 Å². The second kappa shape index (κ2) is 8.71. The number of imidazole rings is 1. The molecule has 35 heavy (non-hydrogen) atoms. The Morgan fingerprint density at radius 3 is 2.80 bits per heavy atom. The molecule has 6 rings (SSSR count). The zero-order valence-corrected chi connectivity index (χ0v) is 18.6. The fourth-order valence-corrected chi connectivity index (χ4v) is 4.42. The van der Waals surface area contributed by atoms with E-state index in [1.54, 1.807) is 58.3 Å². The largest absolute Gasteiger partial charge is 0.459 e. The van der Waals surface area contributed by atoms with Gasteiger partial charge >= 0.3 is 5.84 Å². The summed E-state index contributed by atoms with van der Waals surface area (Å²) in [4.78, 5) is 28.2. The van der Waals surface area contributed by atoms with Crippen molar-refractivity contribution in [2.45, 2.75) is 18.9 Å². The summed E-state index contributed by atoms with van der Waals surface area (Å²) in [6.07, 6.45) is 8.23. The molecule has 1 saturated heterocycles. The minimum atomic E-state index is -0.321. The topological polar surface area (TPSA) is 102 Å². The second-order valence-electron chi connectivity index (χ2n) is 8.35. The van der Waals surface area contributed by atoms with Crippen LogP contribution in [0.4, 0.5) is 10.3 Å². The number of likely N-dealkylation sites (tertiary alicyclic amines) is 1. The Morgan fingerprint density at radius 2 is 1.97 bits per heavy atom. The molecule has 4 aromatic heterocycles. The Kier molecular flexibility index (Phi) is 5.25. The molecule has 0 unspecified atom stereocenters. The van der Waals surface area contributed by atoms with E-state index < -0.39 is 0 Å². The maximum Gasteiger partial charge on any atom is 0.306 e. The van der Waals surface area contributed by atoms with Crippen LogP contribution in [0.3, 0.4) is 0 Å². The van der Waals surface area contributed by atoms with Gasteiger partial charge in [0.1, 0.15) is 23.5 Å². The molecular formula is C25H21FN6O3. The molecule has 1 N–H and O–H groups in total. The van der Waals surface area contributed by atoms with E-state index in [2.05, 4.69) is 15.3 Å². The summed E-state index contributed by atoms with van der Waals surface area (Å²) in [5, 5.41) is 3.37. The number of piperidine rings is 1. The third kappa shape index (κ3) is 4.03. The number of hydrogen-bond donors (Lipinski definition) is 1. The third-order valence-corrected chi connectivity index (χ3v) is 6.05. The summed E-state index contributed by atoms with van der Waals surface area (Å²) in [5.74, 6) is 0.748. The zero-order valence-electron chi connectivity index (χ0n) is 18.6. The minimum Gasteiger partial charge on any atom is -0.459 e. The maximum absolute atomic E-state index is 13.5. The summed E-state index contributed by atoms with van der Waals surface area (Å²) in [5.41, 5.74) is 2.72. The molecule has 1 fully saturated rings. The number of carbonyl (C=O) groups excluding carboxylic acids is 1. The standard InChI is InChI=1S/C25H21FN6O3/c26-17-7-5-16(6-8-17)21-22(32-12-14-35-25(32)30-21)19-9-10-27-24(29-19)28-18-3-1-11-31(15-18)23(33)20-4-2-13-34-20/h2,4-10,12-14,18H,1,3,11,15H2,(H,27,28,29)/t18-/m1/s1. The van der Waals surface area contributed by atoms with Crippen molar-refractivity contribution in [3.05, 3.63) is 79.0 Å². The molecule has 5 heterocycles. The van der Waals surface area contributed by atoms with Crippen LogP contribution in [-0.2, 0) is 0 Å². The molecule has 10 heteroatoms. The van der Waals surface area contributed by atoms with Gasteiger partial charge in [0.15, 0.2) is 5.76 Å². The first-order chi connectivity index (χ1) is 17.2. The van der Waals surface area contributed by atoms with E-state index in [1.165, 1.54) is 18.4 Å². The van der Waals surface area contributed by atoms with E-state index in [-0.39, 0.29) is 17.8 Å². The van der Waals surface area contributed by atoms with E-state index in [0.717, 1.165) is 18.4 Å². The molecule has 1 aromatic carbocycles. The van der Waals surface area contributed by atoms with Crippen LogP contribution in [0.25, 0.3) is 28.5 Å². The highest BCUT2D eigenvalue weighted by Gasteiger charge is 2.26. The molecule has 1 aliphatic rings. The number of benzene rings is 1. The molecule has 5 aromatic rings. The van der Waals surface area contributed by atoms with Gasteiger partial charge in [-0.2, -0.15) is 4.98 Å². The van der Waals surface area contributed by atoms with Crippen molar-refractivity contribution in [2.24, 2.45) is 0 Å². The van der Waals surface area contributed by atoms with Crippen molar-refractivity contribution in [3.63, 3.8) is 0 Å². The van der Waals surface area contributed by atoms with Gasteiger partial charge in [0.2, 0.25) is 5.95 Å². The summed E-state index contributed by atoms with van der Waals surface area (Å²) in [6.45, 7) is 1.19. The number of fused-ring (bicyclic) bond motifs is 1. The summed E-state index contributed by atoms with van der Waals surface area (Å²) in [7, 11) is 0. The van der Waals surface area contributed by atoms with Gasteiger partial charge in [-0.15, -0.1) is 0 Å². The number of anilines is 1. The van der Waals surface area contributed by atoms with Crippen LogP contribution in [0.1, 0.15) is 23.4 Å². The lowest BCUT2D eigenvalue weighted by molar-refractivity contribution is 0.0682. The van der Waals surface area contributed by atoms with E-state index in [9.17, 15) is 9.18 Å². The predicted octanol–water partition coefficient (Wildman–Crippen LogP) is 4.50. The number of amides is 1. The number of rotatable bonds is 5. The average Bonchev–Trinajstić information content (AvgIpc) is 3.62. The lowest BCUT2D eigenvalue weighted by Gasteiger charge is -2.32. The van der Waals surface area contributed by atoms with Gasteiger partial charge in [0, 0.05) is 37.1 Å². The average molecular weight is 472 g/mol. The number of nitrogens with one attached hydrogen (secondary N) is 1. The summed E-state index contributed by atoms with van der Waals surface area (Å²) >= 11 is 0. The maximum atomic E-state index is 13.5. The van der Waals surface area contributed by atoms with E-state index >= 15 is 0 Å². The normalized spacial score (nSPS) is 16.0. The van der Waals surface area contributed by atoms with Crippen LogP contribution in [-0.4, -0.2) is 49.3 Å². The summed E-state index contributed by atoms with van der Waals surface area (Å²) in [6, 6.07) is 11.3. The lowest BCUT2D eigenvalue weighted by atomic mass is 10.1. The molecule has 0 saturated carbocycles. The molecule has 0 spiro atoms. The van der Waals surface area contributed by atoms with Gasteiger partial charge < -0.3 is 19.1 Å². The molecule has 9 nitrogen and oxygen atoms in total. The van der Waals surface area contributed by atoms with Crippen molar-refractivity contribution in [3.8, 4) is 22.6 Å². The Morgan fingerprint density at radius 1 is 1.09 bits per heavy atom. The fraction of sp³-hybridized carbons (Fsp3) is 0.200. The molecule has 1 atom stereocenters. The Balaban J connectivity index is 1.28. The van der Waals surface area contributed by atoms with Gasteiger partial charge in [-0.3, -0.25) is 9.20 Å². The molecule has 1 aliphatic heterocycles. The Hall–Kier alpha value is -4.47. The number of nitrogens with zero attached hydrogens (tertiary/aromatic N) is 5. The quantitative estimate of drug-likeness (QED) is 0.402. The monoisotopic (exact) mass is 472 g/mol. The highest BCUT2D eigenvalue weighted by Crippen LogP contribution is 2.32. The smallest absolute Gasteiger partial charge is 0.306 e. The number of carbonyl (C=O) groups is 1. The highest BCUT2D eigenvalue weighted by molar-refractivity contribution is 5.91. The van der Waals surface area contributed by atoms with Gasteiger partial charge in [-0.05, 0) is 55.3 Å². The van der Waals surface area contributed by atoms with Crippen LogP contribution in [0, 0.1) is 5.82 Å². The van der Waals surface area contributed by atoms with Crippen LogP contribution in [0.15, 0.2) is 76.2 Å². The van der Waals surface area contributed by atoms with Crippen molar-refractivity contribution in [1.29, 1.82) is 0 Å². The summed E-state index contributed by atoms with van der Waals surface area (Å²) < 4.78 is 26.1. The van der Waals surface area contributed by atoms with Crippen molar-refractivity contribution in [1.82, 2.24) is 24.3 Å². The van der Waals surface area contributed by atoms with Crippen molar-refractivity contribution >= 4 is 17.7 Å². The molecule has 0 bridgehead atoms. The van der Waals surface area contributed by atoms with E-state index in [1.807, 2.05) is 0 Å². The minimum absolute atomic E-state index is 0.00568. The van der Waals surface area contributed by atoms with E-state index in [0.29, 0.717) is 47.7 Å².